The second-order valence-corrected chi connectivity index (χ2v) is 12.7. The van der Waals surface area contributed by atoms with Crippen LogP contribution in [-0.2, 0) is 5.54 Å². The molecular weight excluding hydrogens is 552 g/mol. The van der Waals surface area contributed by atoms with E-state index in [1.807, 2.05) is 30.1 Å². The van der Waals surface area contributed by atoms with Gasteiger partial charge in [0.1, 0.15) is 16.5 Å². The molecule has 3 aliphatic heterocycles. The molecule has 9 nitrogen and oxygen atoms in total. The molecule has 10 heteroatoms. The van der Waals surface area contributed by atoms with Gasteiger partial charge in [-0.05, 0) is 87.8 Å². The third-order valence-electron chi connectivity index (χ3n) is 10.00. The van der Waals surface area contributed by atoms with E-state index < -0.39 is 0 Å². The van der Waals surface area contributed by atoms with Crippen molar-refractivity contribution in [1.29, 1.82) is 0 Å². The standard InChI is InChI=1S/C32H37ClN6O3/c1-37-15-11-31(12-16-37)13-17-39(18-14-31)21-7-8-24(26(19-21)41-3)35-30-34-20-23(33)28(36-30)42-25-6-4-5-22-27(25)29(40)38(2)32(22)9-10-32/h4-8,19-20H,9-18H2,1-3H3,(H,34,35,36). The molecule has 2 spiro atoms. The number of nitrogens with one attached hydrogen (secondary N) is 1. The summed E-state index contributed by atoms with van der Waals surface area (Å²) >= 11 is 6.45. The van der Waals surface area contributed by atoms with Gasteiger partial charge in [-0.25, -0.2) is 4.98 Å². The van der Waals surface area contributed by atoms with Crippen LogP contribution in [0.4, 0.5) is 17.3 Å². The Kier molecular flexibility index (Phi) is 6.70. The van der Waals surface area contributed by atoms with Crippen LogP contribution in [0, 0.1) is 5.41 Å². The Morgan fingerprint density at radius 3 is 2.40 bits per heavy atom. The van der Waals surface area contributed by atoms with Gasteiger partial charge < -0.3 is 29.5 Å². The van der Waals surface area contributed by atoms with Crippen molar-refractivity contribution in [3.8, 4) is 17.4 Å². The maximum absolute atomic E-state index is 13.1. The van der Waals surface area contributed by atoms with Gasteiger partial charge in [0, 0.05) is 31.9 Å². The van der Waals surface area contributed by atoms with Crippen LogP contribution in [0.3, 0.4) is 0 Å². The predicted molar refractivity (Wildman–Crippen MR) is 163 cm³/mol. The van der Waals surface area contributed by atoms with Gasteiger partial charge in [-0.15, -0.1) is 0 Å². The van der Waals surface area contributed by atoms with Crippen LogP contribution in [0.15, 0.2) is 42.6 Å². The van der Waals surface area contributed by atoms with Gasteiger partial charge in [0.05, 0.1) is 30.1 Å². The molecule has 2 saturated heterocycles. The lowest BCUT2D eigenvalue weighted by atomic mass is 9.71. The Hall–Kier alpha value is -3.56. The number of piperidine rings is 2. The summed E-state index contributed by atoms with van der Waals surface area (Å²) in [6, 6.07) is 11.9. The van der Waals surface area contributed by atoms with Gasteiger partial charge in [0.25, 0.3) is 5.91 Å². The fourth-order valence-corrected chi connectivity index (χ4v) is 7.14. The molecule has 1 aromatic heterocycles. The zero-order valence-electron chi connectivity index (χ0n) is 24.5. The number of carbonyl (C=O) groups is 1. The highest BCUT2D eigenvalue weighted by molar-refractivity contribution is 6.31. The van der Waals surface area contributed by atoms with Crippen molar-refractivity contribution in [3.05, 3.63) is 58.7 Å². The molecule has 0 bridgehead atoms. The molecule has 1 N–H and O–H groups in total. The molecule has 0 radical (unpaired) electrons. The number of hydrogen-bond donors (Lipinski definition) is 1. The lowest BCUT2D eigenvalue weighted by Gasteiger charge is -2.47. The maximum Gasteiger partial charge on any atom is 0.258 e. The molecule has 0 atom stereocenters. The molecular formula is C32H37ClN6O3. The van der Waals surface area contributed by atoms with Crippen LogP contribution in [0.5, 0.6) is 17.4 Å². The van der Waals surface area contributed by atoms with Gasteiger partial charge in [0.2, 0.25) is 11.8 Å². The van der Waals surface area contributed by atoms with E-state index in [4.69, 9.17) is 21.1 Å². The second kappa shape index (κ2) is 10.3. The van der Waals surface area contributed by atoms with Crippen LogP contribution >= 0.6 is 11.6 Å². The molecule has 4 heterocycles. The normalized spacial score (nSPS) is 20.6. The highest BCUT2D eigenvalue weighted by atomic mass is 35.5. The van der Waals surface area contributed by atoms with Crippen LogP contribution in [0.1, 0.15) is 54.4 Å². The minimum Gasteiger partial charge on any atom is -0.494 e. The smallest absolute Gasteiger partial charge is 0.258 e. The average Bonchev–Trinajstić information content (AvgIpc) is 3.79. The summed E-state index contributed by atoms with van der Waals surface area (Å²) in [5.41, 5.74) is 3.80. The first-order valence-electron chi connectivity index (χ1n) is 14.8. The zero-order chi connectivity index (χ0) is 29.1. The number of methoxy groups -OCH3 is 1. The Morgan fingerprint density at radius 2 is 1.69 bits per heavy atom. The molecule has 0 unspecified atom stereocenters. The summed E-state index contributed by atoms with van der Waals surface area (Å²) in [5, 5.41) is 3.52. The van der Waals surface area contributed by atoms with Crippen molar-refractivity contribution in [2.24, 2.45) is 5.41 Å². The summed E-state index contributed by atoms with van der Waals surface area (Å²) in [7, 11) is 5.75. The number of likely N-dealkylation sites (tertiary alicyclic amines) is 1. The fraction of sp³-hybridized carbons (Fsp3) is 0.469. The number of nitrogens with zero attached hydrogens (tertiary/aromatic N) is 5. The van der Waals surface area contributed by atoms with E-state index in [-0.39, 0.29) is 22.3 Å². The molecule has 2 aromatic carbocycles. The van der Waals surface area contributed by atoms with Gasteiger partial charge in [0.15, 0.2) is 0 Å². The quantitative estimate of drug-likeness (QED) is 0.372. The Labute approximate surface area is 251 Å². The van der Waals surface area contributed by atoms with E-state index in [0.29, 0.717) is 28.4 Å². The predicted octanol–water partition coefficient (Wildman–Crippen LogP) is 6.06. The Morgan fingerprint density at radius 1 is 0.952 bits per heavy atom. The minimum atomic E-state index is -0.195. The SMILES string of the molecule is COc1cc(N2CCC3(CCN(C)CC3)CC2)ccc1Nc1ncc(Cl)c(Oc2cccc3c2C(=O)N(C)C32CC2)n1. The number of aromatic nitrogens is 2. The van der Waals surface area contributed by atoms with E-state index in [1.54, 1.807) is 13.2 Å². The van der Waals surface area contributed by atoms with Crippen LogP contribution in [-0.4, -0.2) is 73.1 Å². The van der Waals surface area contributed by atoms with Gasteiger partial charge >= 0.3 is 0 Å². The molecule has 4 aliphatic rings. The van der Waals surface area contributed by atoms with Crippen LogP contribution in [0.2, 0.25) is 5.02 Å². The van der Waals surface area contributed by atoms with Crippen molar-refractivity contribution in [2.75, 3.05) is 57.6 Å². The van der Waals surface area contributed by atoms with Crippen LogP contribution < -0.4 is 19.7 Å². The van der Waals surface area contributed by atoms with Gasteiger partial charge in [-0.1, -0.05) is 23.7 Å². The lowest BCUT2D eigenvalue weighted by Crippen LogP contribution is -2.46. The summed E-state index contributed by atoms with van der Waals surface area (Å²) in [4.78, 5) is 28.8. The van der Waals surface area contributed by atoms with E-state index in [2.05, 4.69) is 44.3 Å². The minimum absolute atomic E-state index is 0.0401. The van der Waals surface area contributed by atoms with Crippen molar-refractivity contribution in [2.45, 2.75) is 44.1 Å². The third kappa shape index (κ3) is 4.63. The van der Waals surface area contributed by atoms with E-state index in [9.17, 15) is 4.79 Å². The average molecular weight is 589 g/mol. The molecule has 1 amide bonds. The topological polar surface area (TPSA) is 83.1 Å². The highest BCUT2D eigenvalue weighted by Gasteiger charge is 2.57. The number of ether oxygens (including phenoxy) is 2. The first-order chi connectivity index (χ1) is 20.3. The van der Waals surface area contributed by atoms with Crippen molar-refractivity contribution < 1.29 is 14.3 Å². The lowest BCUT2D eigenvalue weighted by molar-refractivity contribution is 0.0753. The van der Waals surface area contributed by atoms with Crippen molar-refractivity contribution in [3.63, 3.8) is 0 Å². The van der Waals surface area contributed by atoms with E-state index in [0.717, 1.165) is 42.9 Å². The fourth-order valence-electron chi connectivity index (χ4n) is 7.01. The summed E-state index contributed by atoms with van der Waals surface area (Å²) < 4.78 is 11.9. The number of rotatable bonds is 6. The third-order valence-corrected chi connectivity index (χ3v) is 10.3. The summed E-state index contributed by atoms with van der Waals surface area (Å²) in [6.45, 7) is 4.53. The number of carbonyl (C=O) groups excluding carboxylic acids is 1. The van der Waals surface area contributed by atoms with Gasteiger partial charge in [-0.2, -0.15) is 4.98 Å². The largest absolute Gasteiger partial charge is 0.494 e. The summed E-state index contributed by atoms with van der Waals surface area (Å²) in [6.07, 6.45) is 8.50. The molecule has 7 rings (SSSR count). The molecule has 220 valence electrons. The second-order valence-electron chi connectivity index (χ2n) is 12.3. The van der Waals surface area contributed by atoms with Crippen molar-refractivity contribution >= 4 is 34.8 Å². The number of anilines is 3. The molecule has 1 aliphatic carbocycles. The number of amides is 1. The van der Waals surface area contributed by atoms with Crippen LogP contribution in [0.25, 0.3) is 0 Å². The summed E-state index contributed by atoms with van der Waals surface area (Å²) in [5.74, 6) is 1.61. The number of fused-ring (bicyclic) bond motifs is 2. The number of halogens is 1. The highest BCUT2D eigenvalue weighted by Crippen LogP contribution is 2.57. The first-order valence-corrected chi connectivity index (χ1v) is 15.2. The molecule has 3 aromatic rings. The maximum atomic E-state index is 13.1. The monoisotopic (exact) mass is 588 g/mol. The molecule has 1 saturated carbocycles. The molecule has 3 fully saturated rings. The zero-order valence-corrected chi connectivity index (χ0v) is 25.2. The molecule has 42 heavy (non-hydrogen) atoms. The number of hydrogen-bond acceptors (Lipinski definition) is 8. The van der Waals surface area contributed by atoms with E-state index in [1.165, 1.54) is 45.0 Å². The first kappa shape index (κ1) is 27.3. The Bertz CT molecular complexity index is 1520. The van der Waals surface area contributed by atoms with Crippen molar-refractivity contribution in [1.82, 2.24) is 19.8 Å². The number of benzene rings is 2. The van der Waals surface area contributed by atoms with Gasteiger partial charge in [-0.3, -0.25) is 4.79 Å². The van der Waals surface area contributed by atoms with E-state index >= 15 is 0 Å². The Balaban J connectivity index is 1.07.